The van der Waals surface area contributed by atoms with Gasteiger partial charge in [-0.05, 0) is 48.6 Å². The van der Waals surface area contributed by atoms with Crippen molar-refractivity contribution < 1.29 is 14.3 Å². The number of H-pyrrole nitrogens is 1. The van der Waals surface area contributed by atoms with Gasteiger partial charge in [-0.15, -0.1) is 0 Å². The van der Waals surface area contributed by atoms with E-state index >= 15 is 0 Å². The van der Waals surface area contributed by atoms with E-state index in [1.54, 1.807) is 0 Å². The molecule has 2 aromatic carbocycles. The maximum Gasteiger partial charge on any atom is 0.231 e. The Balaban J connectivity index is 1.75. The SMILES string of the molecule is CCc1cccc2c([C@@H](CC(=O)N[C@H](C)CC)c3ccc4c(c3)OCO4)c[nH]c12. The minimum Gasteiger partial charge on any atom is -0.454 e. The fourth-order valence-corrected chi connectivity index (χ4v) is 3.98. The molecular weight excluding hydrogens is 364 g/mol. The van der Waals surface area contributed by atoms with Gasteiger partial charge in [-0.3, -0.25) is 4.79 Å². The predicted molar refractivity (Wildman–Crippen MR) is 115 cm³/mol. The highest BCUT2D eigenvalue weighted by molar-refractivity contribution is 5.88. The summed E-state index contributed by atoms with van der Waals surface area (Å²) >= 11 is 0. The van der Waals surface area contributed by atoms with Crippen molar-refractivity contribution in [1.82, 2.24) is 10.3 Å². The molecule has 0 spiro atoms. The van der Waals surface area contributed by atoms with E-state index in [-0.39, 0.29) is 24.7 Å². The van der Waals surface area contributed by atoms with Crippen molar-refractivity contribution in [2.24, 2.45) is 0 Å². The monoisotopic (exact) mass is 392 g/mol. The molecule has 1 aliphatic rings. The molecule has 5 nitrogen and oxygen atoms in total. The molecule has 4 rings (SSSR count). The maximum absolute atomic E-state index is 12.8. The van der Waals surface area contributed by atoms with Crippen LogP contribution in [0.2, 0.25) is 0 Å². The van der Waals surface area contributed by atoms with Crippen LogP contribution in [0.3, 0.4) is 0 Å². The molecule has 3 aromatic rings. The van der Waals surface area contributed by atoms with Gasteiger partial charge in [-0.2, -0.15) is 0 Å². The summed E-state index contributed by atoms with van der Waals surface area (Å²) in [6.07, 6.45) is 4.30. The Kier molecular flexibility index (Phi) is 5.47. The molecule has 5 heteroatoms. The highest BCUT2D eigenvalue weighted by Crippen LogP contribution is 2.39. The van der Waals surface area contributed by atoms with E-state index < -0.39 is 0 Å². The standard InChI is InChI=1S/C24H28N2O3/c1-4-15(3)26-23(27)12-19(17-9-10-21-22(11-17)29-14-28-21)20-13-25-24-16(5-2)7-6-8-18(20)24/h6-11,13,15,19,25H,4-5,12,14H2,1-3H3,(H,26,27)/t15-,19+/m1/s1. The fourth-order valence-electron chi connectivity index (χ4n) is 3.98. The van der Waals surface area contributed by atoms with Gasteiger partial charge in [0.25, 0.3) is 0 Å². The number of ether oxygens (including phenoxy) is 2. The molecule has 1 aliphatic heterocycles. The molecule has 2 heterocycles. The van der Waals surface area contributed by atoms with E-state index in [4.69, 9.17) is 9.47 Å². The summed E-state index contributed by atoms with van der Waals surface area (Å²) in [5.41, 5.74) is 4.62. The third-order valence-corrected chi connectivity index (χ3v) is 5.80. The third-order valence-electron chi connectivity index (χ3n) is 5.80. The van der Waals surface area contributed by atoms with Gasteiger partial charge in [0.1, 0.15) is 0 Å². The Labute approximate surface area is 171 Å². The first-order chi connectivity index (χ1) is 14.1. The van der Waals surface area contributed by atoms with Gasteiger partial charge in [0, 0.05) is 35.5 Å². The first-order valence-corrected chi connectivity index (χ1v) is 10.4. The summed E-state index contributed by atoms with van der Waals surface area (Å²) < 4.78 is 11.1. The highest BCUT2D eigenvalue weighted by Gasteiger charge is 2.25. The second-order valence-electron chi connectivity index (χ2n) is 7.68. The van der Waals surface area contributed by atoms with Crippen LogP contribution in [0, 0.1) is 0 Å². The zero-order chi connectivity index (χ0) is 20.4. The lowest BCUT2D eigenvalue weighted by molar-refractivity contribution is -0.121. The average molecular weight is 392 g/mol. The highest BCUT2D eigenvalue weighted by atomic mass is 16.7. The summed E-state index contributed by atoms with van der Waals surface area (Å²) in [7, 11) is 0. The van der Waals surface area contributed by atoms with Crippen LogP contribution < -0.4 is 14.8 Å². The van der Waals surface area contributed by atoms with Crippen LogP contribution in [0.5, 0.6) is 11.5 Å². The lowest BCUT2D eigenvalue weighted by Gasteiger charge is -2.19. The minimum atomic E-state index is -0.0746. The Hall–Kier alpha value is -2.95. The summed E-state index contributed by atoms with van der Waals surface area (Å²) in [4.78, 5) is 16.3. The number of aromatic nitrogens is 1. The number of rotatable bonds is 7. The number of amides is 1. The number of aryl methyl sites for hydroxylation is 1. The Morgan fingerprint density at radius 2 is 2.00 bits per heavy atom. The molecule has 0 unspecified atom stereocenters. The molecule has 152 valence electrons. The van der Waals surface area contributed by atoms with Crippen LogP contribution in [-0.4, -0.2) is 23.7 Å². The van der Waals surface area contributed by atoms with Crippen LogP contribution in [0.1, 0.15) is 56.2 Å². The van der Waals surface area contributed by atoms with Crippen molar-refractivity contribution in [3.8, 4) is 11.5 Å². The van der Waals surface area contributed by atoms with Gasteiger partial charge in [-0.25, -0.2) is 0 Å². The van der Waals surface area contributed by atoms with Crippen molar-refractivity contribution in [2.45, 2.75) is 52.0 Å². The minimum absolute atomic E-state index is 0.0583. The summed E-state index contributed by atoms with van der Waals surface area (Å²) in [6.45, 7) is 6.51. The molecule has 2 atom stereocenters. The lowest BCUT2D eigenvalue weighted by Crippen LogP contribution is -2.33. The molecular formula is C24H28N2O3. The Morgan fingerprint density at radius 1 is 1.17 bits per heavy atom. The van der Waals surface area contributed by atoms with E-state index in [0.29, 0.717) is 6.42 Å². The molecule has 0 aliphatic carbocycles. The number of para-hydroxylation sites is 1. The average Bonchev–Trinajstić information content (AvgIpc) is 3.38. The fraction of sp³-hybridized carbons (Fsp3) is 0.375. The van der Waals surface area contributed by atoms with Gasteiger partial charge >= 0.3 is 0 Å². The number of hydrogen-bond acceptors (Lipinski definition) is 3. The second kappa shape index (κ2) is 8.19. The van der Waals surface area contributed by atoms with Gasteiger partial charge in [0.05, 0.1) is 0 Å². The Bertz CT molecular complexity index is 1020. The van der Waals surface area contributed by atoms with Crippen molar-refractivity contribution in [1.29, 1.82) is 0 Å². The van der Waals surface area contributed by atoms with Crippen LogP contribution in [0.4, 0.5) is 0 Å². The third kappa shape index (κ3) is 3.82. The zero-order valence-corrected chi connectivity index (χ0v) is 17.2. The molecule has 1 aromatic heterocycles. The molecule has 0 saturated heterocycles. The first kappa shape index (κ1) is 19.4. The van der Waals surface area contributed by atoms with E-state index in [0.717, 1.165) is 41.0 Å². The quantitative estimate of drug-likeness (QED) is 0.601. The van der Waals surface area contributed by atoms with Crippen molar-refractivity contribution in [3.63, 3.8) is 0 Å². The topological polar surface area (TPSA) is 63.4 Å². The van der Waals surface area contributed by atoms with Crippen LogP contribution in [0.15, 0.2) is 42.6 Å². The second-order valence-corrected chi connectivity index (χ2v) is 7.68. The smallest absolute Gasteiger partial charge is 0.231 e. The van der Waals surface area contributed by atoms with E-state index in [1.165, 1.54) is 10.9 Å². The van der Waals surface area contributed by atoms with Gasteiger partial charge in [0.2, 0.25) is 12.7 Å². The molecule has 0 fully saturated rings. The maximum atomic E-state index is 12.8. The predicted octanol–water partition coefficient (Wildman–Crippen LogP) is 4.90. The van der Waals surface area contributed by atoms with Crippen LogP contribution in [-0.2, 0) is 11.2 Å². The largest absolute Gasteiger partial charge is 0.454 e. The summed E-state index contributed by atoms with van der Waals surface area (Å²) in [6, 6.07) is 12.5. The van der Waals surface area contributed by atoms with Gasteiger partial charge < -0.3 is 19.8 Å². The molecule has 0 bridgehead atoms. The molecule has 2 N–H and O–H groups in total. The number of nitrogens with one attached hydrogen (secondary N) is 2. The molecule has 1 amide bonds. The van der Waals surface area contributed by atoms with E-state index in [1.807, 2.05) is 25.1 Å². The molecule has 29 heavy (non-hydrogen) atoms. The summed E-state index contributed by atoms with van der Waals surface area (Å²) in [5, 5.41) is 4.28. The normalized spacial score (nSPS) is 14.7. The van der Waals surface area contributed by atoms with Crippen molar-refractivity contribution in [2.75, 3.05) is 6.79 Å². The first-order valence-electron chi connectivity index (χ1n) is 10.4. The lowest BCUT2D eigenvalue weighted by atomic mass is 9.87. The summed E-state index contributed by atoms with van der Waals surface area (Å²) in [5.74, 6) is 1.48. The number of aromatic amines is 1. The number of carbonyl (C=O) groups excluding carboxylic acids is 1. The number of fused-ring (bicyclic) bond motifs is 2. The number of carbonyl (C=O) groups is 1. The van der Waals surface area contributed by atoms with Gasteiger partial charge in [-0.1, -0.05) is 38.1 Å². The molecule has 0 radical (unpaired) electrons. The van der Waals surface area contributed by atoms with Gasteiger partial charge in [0.15, 0.2) is 11.5 Å². The van der Waals surface area contributed by atoms with E-state index in [9.17, 15) is 4.79 Å². The van der Waals surface area contributed by atoms with Crippen molar-refractivity contribution >= 4 is 16.8 Å². The Morgan fingerprint density at radius 3 is 2.79 bits per heavy atom. The van der Waals surface area contributed by atoms with E-state index in [2.05, 4.69) is 48.5 Å². The molecule has 0 saturated carbocycles. The number of benzene rings is 2. The zero-order valence-electron chi connectivity index (χ0n) is 17.2. The van der Waals surface area contributed by atoms with Crippen molar-refractivity contribution in [3.05, 3.63) is 59.3 Å². The van der Waals surface area contributed by atoms with Crippen LogP contribution >= 0.6 is 0 Å². The van der Waals surface area contributed by atoms with Crippen LogP contribution in [0.25, 0.3) is 10.9 Å². The number of hydrogen-bond donors (Lipinski definition) is 2.